The van der Waals surface area contributed by atoms with Crippen molar-refractivity contribution in [3.05, 3.63) is 136 Å². The molecule has 2 amide bonds. The molecule has 0 saturated heterocycles. The van der Waals surface area contributed by atoms with Crippen molar-refractivity contribution in [3.63, 3.8) is 0 Å². The minimum Gasteiger partial charge on any atom is -0.497 e. The van der Waals surface area contributed by atoms with Gasteiger partial charge in [-0.15, -0.1) is 0 Å². The smallest absolute Gasteiger partial charge is 0.243 e. The number of nitrogens with one attached hydrogen (secondary N) is 1. The van der Waals surface area contributed by atoms with E-state index in [0.717, 1.165) is 32.8 Å². The predicted octanol–water partition coefficient (Wildman–Crippen LogP) is 5.07. The Bertz CT molecular complexity index is 1620. The standard InChI is InChI=1S/C34H36ClN3O5S/c1-43-31-19-15-29(16-20-31)24-38(33(39)25-37(44(2,41)42)23-28-11-7-4-8-12-28)32(21-26-9-5-3-6-10-26)34(40)36-22-27-13-17-30(35)18-14-27/h3-20,32H,21-25H2,1-2H3,(H,36,40)/t32-/m0/s1. The fourth-order valence-electron chi connectivity index (χ4n) is 4.71. The Kier molecular flexibility index (Phi) is 11.5. The second-order valence-corrected chi connectivity index (χ2v) is 12.9. The molecule has 8 nitrogen and oxygen atoms in total. The van der Waals surface area contributed by atoms with Gasteiger partial charge in [-0.2, -0.15) is 4.31 Å². The monoisotopic (exact) mass is 633 g/mol. The van der Waals surface area contributed by atoms with Gasteiger partial charge in [0.15, 0.2) is 0 Å². The number of carbonyl (C=O) groups excluding carboxylic acids is 2. The summed E-state index contributed by atoms with van der Waals surface area (Å²) in [5.74, 6) is -0.205. The number of hydrogen-bond donors (Lipinski definition) is 1. The molecule has 0 aliphatic carbocycles. The fourth-order valence-corrected chi connectivity index (χ4v) is 5.56. The molecule has 0 fully saturated rings. The molecule has 0 unspecified atom stereocenters. The van der Waals surface area contributed by atoms with Crippen molar-refractivity contribution in [2.45, 2.75) is 32.1 Å². The van der Waals surface area contributed by atoms with Crippen molar-refractivity contribution in [2.75, 3.05) is 19.9 Å². The summed E-state index contributed by atoms with van der Waals surface area (Å²) in [6, 6.07) is 31.9. The van der Waals surface area contributed by atoms with Crippen LogP contribution in [0, 0.1) is 0 Å². The number of amides is 2. The lowest BCUT2D eigenvalue weighted by Crippen LogP contribution is -2.53. The number of hydrogen-bond acceptors (Lipinski definition) is 5. The quantitative estimate of drug-likeness (QED) is 0.209. The Balaban J connectivity index is 1.68. The highest BCUT2D eigenvalue weighted by Crippen LogP contribution is 2.19. The van der Waals surface area contributed by atoms with E-state index in [1.807, 2.05) is 72.8 Å². The Morgan fingerprint density at radius 2 is 1.32 bits per heavy atom. The summed E-state index contributed by atoms with van der Waals surface area (Å²) in [5, 5.41) is 3.56. The number of halogens is 1. The van der Waals surface area contributed by atoms with Crippen molar-refractivity contribution >= 4 is 33.4 Å². The van der Waals surface area contributed by atoms with Gasteiger partial charge in [0.2, 0.25) is 21.8 Å². The molecule has 4 rings (SSSR count). The molecular weight excluding hydrogens is 598 g/mol. The highest BCUT2D eigenvalue weighted by atomic mass is 35.5. The van der Waals surface area contributed by atoms with Gasteiger partial charge in [-0.3, -0.25) is 9.59 Å². The number of sulfonamides is 1. The van der Waals surface area contributed by atoms with E-state index in [2.05, 4.69) is 5.32 Å². The third-order valence-corrected chi connectivity index (χ3v) is 8.59. The van der Waals surface area contributed by atoms with E-state index in [0.29, 0.717) is 10.8 Å². The van der Waals surface area contributed by atoms with E-state index in [1.54, 1.807) is 43.5 Å². The van der Waals surface area contributed by atoms with Crippen LogP contribution in [0.25, 0.3) is 0 Å². The highest BCUT2D eigenvalue weighted by Gasteiger charge is 2.33. The first-order chi connectivity index (χ1) is 21.1. The lowest BCUT2D eigenvalue weighted by molar-refractivity contribution is -0.141. The van der Waals surface area contributed by atoms with E-state index < -0.39 is 28.5 Å². The summed E-state index contributed by atoms with van der Waals surface area (Å²) in [6.45, 7) is -0.0967. The zero-order chi connectivity index (χ0) is 31.5. The molecule has 0 aromatic heterocycles. The minimum absolute atomic E-state index is 0.0217. The van der Waals surface area contributed by atoms with Crippen LogP contribution in [0.5, 0.6) is 5.75 Å². The van der Waals surface area contributed by atoms with Crippen molar-refractivity contribution in [1.29, 1.82) is 0 Å². The average molecular weight is 634 g/mol. The molecule has 0 aliphatic rings. The second kappa shape index (κ2) is 15.5. The average Bonchev–Trinajstić information content (AvgIpc) is 3.02. The first-order valence-electron chi connectivity index (χ1n) is 14.1. The molecule has 0 radical (unpaired) electrons. The number of ether oxygens (including phenoxy) is 1. The number of rotatable bonds is 14. The number of nitrogens with zero attached hydrogens (tertiary/aromatic N) is 2. The van der Waals surface area contributed by atoms with Crippen LogP contribution in [0.2, 0.25) is 5.02 Å². The number of benzene rings is 4. The Labute approximate surface area is 264 Å². The molecule has 44 heavy (non-hydrogen) atoms. The van der Waals surface area contributed by atoms with Gasteiger partial charge in [-0.1, -0.05) is 96.5 Å². The second-order valence-electron chi connectivity index (χ2n) is 10.4. The summed E-state index contributed by atoms with van der Waals surface area (Å²) >= 11 is 6.03. The largest absolute Gasteiger partial charge is 0.497 e. The SMILES string of the molecule is COc1ccc(CN(C(=O)CN(Cc2ccccc2)S(C)(=O)=O)[C@@H](Cc2ccccc2)C(=O)NCc2ccc(Cl)cc2)cc1. The maximum atomic E-state index is 14.2. The normalized spacial score (nSPS) is 12.0. The Morgan fingerprint density at radius 1 is 0.773 bits per heavy atom. The van der Waals surface area contributed by atoms with E-state index in [1.165, 1.54) is 4.90 Å². The number of carbonyl (C=O) groups is 2. The molecule has 10 heteroatoms. The van der Waals surface area contributed by atoms with Gasteiger partial charge in [0.1, 0.15) is 11.8 Å². The first kappa shape index (κ1) is 32.7. The maximum absolute atomic E-state index is 14.2. The van der Waals surface area contributed by atoms with Crippen molar-refractivity contribution in [3.8, 4) is 5.75 Å². The van der Waals surface area contributed by atoms with Crippen LogP contribution in [0.1, 0.15) is 22.3 Å². The Morgan fingerprint density at radius 3 is 1.89 bits per heavy atom. The minimum atomic E-state index is -3.77. The van der Waals surface area contributed by atoms with E-state index in [9.17, 15) is 18.0 Å². The fraction of sp³-hybridized carbons (Fsp3) is 0.235. The molecular formula is C34H36ClN3O5S. The Hall–Kier alpha value is -4.18. The van der Waals surface area contributed by atoms with Crippen molar-refractivity contribution in [1.82, 2.24) is 14.5 Å². The molecule has 0 bridgehead atoms. The summed E-state index contributed by atoms with van der Waals surface area (Å²) in [6.07, 6.45) is 1.31. The van der Waals surface area contributed by atoms with Gasteiger partial charge < -0.3 is 15.0 Å². The molecule has 4 aromatic rings. The van der Waals surface area contributed by atoms with Crippen LogP contribution in [0.3, 0.4) is 0 Å². The van der Waals surface area contributed by atoms with Crippen molar-refractivity contribution < 1.29 is 22.7 Å². The first-order valence-corrected chi connectivity index (χ1v) is 16.3. The van der Waals surface area contributed by atoms with Crippen LogP contribution < -0.4 is 10.1 Å². The molecule has 1 N–H and O–H groups in total. The predicted molar refractivity (Wildman–Crippen MR) is 172 cm³/mol. The molecule has 4 aromatic carbocycles. The lowest BCUT2D eigenvalue weighted by Gasteiger charge is -2.33. The van der Waals surface area contributed by atoms with Crippen LogP contribution in [0.15, 0.2) is 109 Å². The third kappa shape index (κ3) is 9.67. The zero-order valence-electron chi connectivity index (χ0n) is 24.7. The summed E-state index contributed by atoms with van der Waals surface area (Å²) < 4.78 is 32.1. The molecule has 0 heterocycles. The van der Waals surface area contributed by atoms with Gasteiger partial charge in [-0.05, 0) is 46.5 Å². The summed E-state index contributed by atoms with van der Waals surface area (Å²) in [5.41, 5.74) is 3.21. The van der Waals surface area contributed by atoms with Crippen LogP contribution in [-0.2, 0) is 45.7 Å². The third-order valence-electron chi connectivity index (χ3n) is 7.15. The maximum Gasteiger partial charge on any atom is 0.243 e. The van der Waals surface area contributed by atoms with Crippen molar-refractivity contribution in [2.24, 2.45) is 0 Å². The van der Waals surface area contributed by atoms with Crippen LogP contribution in [0.4, 0.5) is 0 Å². The summed E-state index contributed by atoms with van der Waals surface area (Å²) in [4.78, 5) is 29.5. The van der Waals surface area contributed by atoms with E-state index in [4.69, 9.17) is 16.3 Å². The topological polar surface area (TPSA) is 96.0 Å². The lowest BCUT2D eigenvalue weighted by atomic mass is 10.0. The molecule has 0 spiro atoms. The van der Waals surface area contributed by atoms with Crippen LogP contribution in [-0.4, -0.2) is 55.4 Å². The highest BCUT2D eigenvalue weighted by molar-refractivity contribution is 7.88. The molecule has 1 atom stereocenters. The van der Waals surface area contributed by atoms with Gasteiger partial charge in [0.25, 0.3) is 0 Å². The van der Waals surface area contributed by atoms with Gasteiger partial charge >= 0.3 is 0 Å². The zero-order valence-corrected chi connectivity index (χ0v) is 26.3. The van der Waals surface area contributed by atoms with Gasteiger partial charge in [0.05, 0.1) is 19.9 Å². The van der Waals surface area contributed by atoms with E-state index >= 15 is 0 Å². The molecule has 0 saturated carbocycles. The van der Waals surface area contributed by atoms with Gasteiger partial charge in [0, 0.05) is 31.1 Å². The molecule has 230 valence electrons. The van der Waals surface area contributed by atoms with Crippen LogP contribution >= 0.6 is 11.6 Å². The van der Waals surface area contributed by atoms with Gasteiger partial charge in [-0.25, -0.2) is 8.42 Å². The molecule has 0 aliphatic heterocycles. The van der Waals surface area contributed by atoms with E-state index in [-0.39, 0.29) is 32.0 Å². The summed E-state index contributed by atoms with van der Waals surface area (Å²) in [7, 11) is -2.20. The number of methoxy groups -OCH3 is 1.